The van der Waals surface area contributed by atoms with Gasteiger partial charge in [-0.15, -0.1) is 22.7 Å². The number of hydrogen-bond acceptors (Lipinski definition) is 4. The highest BCUT2D eigenvalue weighted by Crippen LogP contribution is 2.34. The fraction of sp³-hybridized carbons (Fsp3) is 0.500. The number of nitrogens with zero attached hydrogens (tertiary/aromatic N) is 1. The van der Waals surface area contributed by atoms with Crippen molar-refractivity contribution in [1.82, 2.24) is 10.3 Å². The lowest BCUT2D eigenvalue weighted by atomic mass is 10.1. The Morgan fingerprint density at radius 3 is 2.58 bits per heavy atom. The van der Waals surface area contributed by atoms with E-state index in [9.17, 15) is 0 Å². The van der Waals surface area contributed by atoms with Crippen LogP contribution in [0.2, 0.25) is 5.02 Å². The second-order valence-corrected chi connectivity index (χ2v) is 7.24. The summed E-state index contributed by atoms with van der Waals surface area (Å²) in [4.78, 5) is 7.17. The molecule has 0 aliphatic heterocycles. The van der Waals surface area contributed by atoms with E-state index in [-0.39, 0.29) is 6.04 Å². The highest BCUT2D eigenvalue weighted by atomic mass is 35.5. The topological polar surface area (TPSA) is 24.9 Å². The van der Waals surface area contributed by atoms with Crippen molar-refractivity contribution in [2.75, 3.05) is 6.54 Å². The zero-order valence-electron chi connectivity index (χ0n) is 11.7. The van der Waals surface area contributed by atoms with Crippen LogP contribution in [0.25, 0.3) is 0 Å². The Morgan fingerprint density at radius 2 is 2.11 bits per heavy atom. The predicted molar refractivity (Wildman–Crippen MR) is 85.8 cm³/mol. The molecule has 1 atom stereocenters. The molecule has 0 saturated heterocycles. The van der Waals surface area contributed by atoms with Crippen LogP contribution < -0.4 is 5.32 Å². The van der Waals surface area contributed by atoms with Gasteiger partial charge in [-0.3, -0.25) is 0 Å². The third-order valence-corrected chi connectivity index (χ3v) is 6.07. The summed E-state index contributed by atoms with van der Waals surface area (Å²) in [6.45, 7) is 9.31. The molecule has 2 nitrogen and oxygen atoms in total. The van der Waals surface area contributed by atoms with Crippen LogP contribution >= 0.6 is 34.3 Å². The van der Waals surface area contributed by atoms with Gasteiger partial charge >= 0.3 is 0 Å². The number of halogens is 1. The zero-order valence-corrected chi connectivity index (χ0v) is 14.1. The molecular weight excluding hydrogens is 296 g/mol. The van der Waals surface area contributed by atoms with Crippen molar-refractivity contribution in [3.8, 4) is 0 Å². The first-order valence-corrected chi connectivity index (χ1v) is 8.50. The lowest BCUT2D eigenvalue weighted by Gasteiger charge is -2.15. The normalized spacial score (nSPS) is 12.9. The summed E-state index contributed by atoms with van der Waals surface area (Å²) in [5, 5.41) is 7.74. The van der Waals surface area contributed by atoms with Crippen molar-refractivity contribution in [3.63, 3.8) is 0 Å². The maximum Gasteiger partial charge on any atom is 0.0950 e. The smallest absolute Gasteiger partial charge is 0.0950 e. The Hall–Kier alpha value is -0.420. The molecule has 1 N–H and O–H groups in total. The number of rotatable bonds is 5. The first-order chi connectivity index (χ1) is 9.02. The second-order valence-electron chi connectivity index (χ2n) is 4.66. The van der Waals surface area contributed by atoms with Crippen LogP contribution in [0.4, 0.5) is 0 Å². The van der Waals surface area contributed by atoms with Gasteiger partial charge in [-0.2, -0.15) is 0 Å². The van der Waals surface area contributed by atoms with Crippen LogP contribution in [-0.4, -0.2) is 11.5 Å². The van der Waals surface area contributed by atoms with E-state index in [0.717, 1.165) is 29.2 Å². The molecular formula is C14H19ClN2S2. The standard InChI is InChI=1S/C14H19ClN2S2/c1-5-16-11(14-13(15)8(2)7-18-14)6-12-17-9(3)10(4)19-12/h7,11,16H,5-6H2,1-4H3. The Morgan fingerprint density at radius 1 is 1.37 bits per heavy atom. The summed E-state index contributed by atoms with van der Waals surface area (Å²) in [6.07, 6.45) is 0.910. The highest BCUT2D eigenvalue weighted by molar-refractivity contribution is 7.12. The molecule has 0 radical (unpaired) electrons. The van der Waals surface area contributed by atoms with Gasteiger partial charge in [-0.1, -0.05) is 18.5 Å². The minimum atomic E-state index is 0.265. The molecule has 0 saturated carbocycles. The Bertz CT molecular complexity index is 540. The van der Waals surface area contributed by atoms with Crippen molar-refractivity contribution in [2.24, 2.45) is 0 Å². The molecule has 2 aromatic rings. The fourth-order valence-electron chi connectivity index (χ4n) is 1.99. The number of thiazole rings is 1. The van der Waals surface area contributed by atoms with Crippen molar-refractivity contribution in [2.45, 2.75) is 40.2 Å². The molecule has 0 spiro atoms. The van der Waals surface area contributed by atoms with E-state index in [1.807, 2.05) is 0 Å². The van der Waals surface area contributed by atoms with Crippen LogP contribution in [0.3, 0.4) is 0 Å². The Kier molecular flexibility index (Phi) is 5.01. The predicted octanol–water partition coefficient (Wildman–Crippen LogP) is 4.68. The molecule has 19 heavy (non-hydrogen) atoms. The summed E-state index contributed by atoms with van der Waals surface area (Å²) >= 11 is 9.92. The molecule has 0 aliphatic rings. The van der Waals surface area contributed by atoms with Gasteiger partial charge in [0, 0.05) is 22.2 Å². The van der Waals surface area contributed by atoms with Crippen molar-refractivity contribution >= 4 is 34.3 Å². The molecule has 2 aromatic heterocycles. The summed E-state index contributed by atoms with van der Waals surface area (Å²) < 4.78 is 0. The van der Waals surface area contributed by atoms with Crippen LogP contribution in [-0.2, 0) is 6.42 Å². The van der Waals surface area contributed by atoms with Gasteiger partial charge in [0.15, 0.2) is 0 Å². The van der Waals surface area contributed by atoms with Crippen LogP contribution in [0.15, 0.2) is 5.38 Å². The number of hydrogen-bond donors (Lipinski definition) is 1. The molecule has 104 valence electrons. The first-order valence-electron chi connectivity index (χ1n) is 6.42. The molecule has 5 heteroatoms. The molecule has 1 unspecified atom stereocenters. The number of thiophene rings is 1. The SMILES string of the molecule is CCNC(Cc1nc(C)c(C)s1)c1scc(C)c1Cl. The van der Waals surface area contributed by atoms with Crippen LogP contribution in [0.1, 0.15) is 39.0 Å². The molecule has 2 heterocycles. The van der Waals surface area contributed by atoms with E-state index in [1.165, 1.54) is 14.8 Å². The summed E-state index contributed by atoms with van der Waals surface area (Å²) in [6, 6.07) is 0.265. The minimum Gasteiger partial charge on any atom is -0.309 e. The van der Waals surface area contributed by atoms with Gasteiger partial charge in [0.05, 0.1) is 15.7 Å². The van der Waals surface area contributed by atoms with E-state index in [4.69, 9.17) is 11.6 Å². The maximum atomic E-state index is 6.40. The highest BCUT2D eigenvalue weighted by Gasteiger charge is 2.19. The minimum absolute atomic E-state index is 0.265. The first kappa shape index (κ1) is 15.0. The van der Waals surface area contributed by atoms with Crippen LogP contribution in [0, 0.1) is 20.8 Å². The van der Waals surface area contributed by atoms with Gasteiger partial charge in [0.1, 0.15) is 0 Å². The molecule has 0 amide bonds. The number of likely N-dealkylation sites (N-methyl/N-ethyl adjacent to an activating group) is 1. The third-order valence-electron chi connectivity index (χ3n) is 3.14. The van der Waals surface area contributed by atoms with Crippen molar-refractivity contribution in [1.29, 1.82) is 0 Å². The van der Waals surface area contributed by atoms with E-state index >= 15 is 0 Å². The summed E-state index contributed by atoms with van der Waals surface area (Å²) in [7, 11) is 0. The monoisotopic (exact) mass is 314 g/mol. The van der Waals surface area contributed by atoms with Gasteiger partial charge in [0.2, 0.25) is 0 Å². The molecule has 2 rings (SSSR count). The van der Waals surface area contributed by atoms with Crippen LogP contribution in [0.5, 0.6) is 0 Å². The van der Waals surface area contributed by atoms with Gasteiger partial charge in [0.25, 0.3) is 0 Å². The van der Waals surface area contributed by atoms with E-state index < -0.39 is 0 Å². The number of nitrogens with one attached hydrogen (secondary N) is 1. The maximum absolute atomic E-state index is 6.40. The van der Waals surface area contributed by atoms with Crippen molar-refractivity contribution < 1.29 is 0 Å². The molecule has 0 fully saturated rings. The van der Waals surface area contributed by atoms with Gasteiger partial charge in [-0.05, 0) is 38.3 Å². The average molecular weight is 315 g/mol. The second kappa shape index (κ2) is 6.35. The van der Waals surface area contributed by atoms with Gasteiger partial charge in [-0.25, -0.2) is 4.98 Å². The van der Waals surface area contributed by atoms with Crippen molar-refractivity contribution in [3.05, 3.63) is 36.4 Å². The van der Waals surface area contributed by atoms with Gasteiger partial charge < -0.3 is 5.32 Å². The zero-order chi connectivity index (χ0) is 14.0. The Balaban J connectivity index is 2.23. The molecule has 0 bridgehead atoms. The van der Waals surface area contributed by atoms with E-state index in [0.29, 0.717) is 0 Å². The van der Waals surface area contributed by atoms with E-state index in [2.05, 4.69) is 43.4 Å². The fourth-order valence-corrected chi connectivity index (χ4v) is 4.37. The lowest BCUT2D eigenvalue weighted by Crippen LogP contribution is -2.22. The largest absolute Gasteiger partial charge is 0.309 e. The summed E-state index contributed by atoms with van der Waals surface area (Å²) in [5.41, 5.74) is 2.31. The third kappa shape index (κ3) is 3.37. The lowest BCUT2D eigenvalue weighted by molar-refractivity contribution is 0.556. The average Bonchev–Trinajstić information content (AvgIpc) is 2.84. The molecule has 0 aliphatic carbocycles. The number of aromatic nitrogens is 1. The Labute approximate surface area is 127 Å². The number of aryl methyl sites for hydroxylation is 3. The van der Waals surface area contributed by atoms with E-state index in [1.54, 1.807) is 22.7 Å². The quantitative estimate of drug-likeness (QED) is 0.867. The molecule has 0 aromatic carbocycles. The summed E-state index contributed by atoms with van der Waals surface area (Å²) in [5.74, 6) is 0.